The van der Waals surface area contributed by atoms with Gasteiger partial charge in [0.25, 0.3) is 0 Å². The van der Waals surface area contributed by atoms with Gasteiger partial charge in [0.15, 0.2) is 23.0 Å². The van der Waals surface area contributed by atoms with E-state index in [2.05, 4.69) is 25.1 Å². The second-order valence-electron chi connectivity index (χ2n) is 7.43. The van der Waals surface area contributed by atoms with E-state index in [9.17, 15) is 15.3 Å². The first-order chi connectivity index (χ1) is 15.5. The van der Waals surface area contributed by atoms with E-state index in [1.165, 1.54) is 10.9 Å². The number of aliphatic hydroxyl groups excluding tert-OH is 3. The standard InChI is InChI=1S/C20H21N7O5/c1-31-11-4-2-10(3-5-11)12-6-23-26-14(12)18-24-17(21)15-19(25-18)27(9-22-15)20(8-28)16(30)13(29)7-32-20/h2-6,9,13,16,28-30H,7-8H2,1H3,(H,23,26)(H2,21,24,25)/t13-,16+,20+/m0/s1. The highest BCUT2D eigenvalue weighted by atomic mass is 16.6. The fraction of sp³-hybridized carbons (Fsp3) is 0.300. The summed E-state index contributed by atoms with van der Waals surface area (Å²) in [5.74, 6) is 1.05. The van der Waals surface area contributed by atoms with Crippen LogP contribution in [-0.2, 0) is 10.5 Å². The molecule has 3 atom stereocenters. The minimum atomic E-state index is -1.65. The zero-order chi connectivity index (χ0) is 22.5. The van der Waals surface area contributed by atoms with Crippen LogP contribution < -0.4 is 10.5 Å². The topological polar surface area (TPSA) is 177 Å². The van der Waals surface area contributed by atoms with Crippen LogP contribution in [0.5, 0.6) is 5.75 Å². The van der Waals surface area contributed by atoms with Gasteiger partial charge in [-0.1, -0.05) is 12.1 Å². The Balaban J connectivity index is 1.65. The molecule has 6 N–H and O–H groups in total. The fourth-order valence-corrected chi connectivity index (χ4v) is 3.89. The van der Waals surface area contributed by atoms with Crippen molar-refractivity contribution in [1.82, 2.24) is 29.7 Å². The Labute approximate surface area is 181 Å². The monoisotopic (exact) mass is 439 g/mol. The molecule has 0 unspecified atom stereocenters. The Hall–Kier alpha value is -3.58. The van der Waals surface area contributed by atoms with Gasteiger partial charge in [0, 0.05) is 5.56 Å². The molecule has 1 aromatic carbocycles. The molecule has 12 heteroatoms. The van der Waals surface area contributed by atoms with Gasteiger partial charge in [0.2, 0.25) is 0 Å². The minimum absolute atomic E-state index is 0.0974. The first kappa shape index (κ1) is 20.3. The number of hydrogen-bond donors (Lipinski definition) is 5. The molecule has 1 aliphatic heterocycles. The number of aliphatic hydroxyl groups is 3. The van der Waals surface area contributed by atoms with E-state index in [0.717, 1.165) is 16.9 Å². The Bertz CT molecular complexity index is 1270. The number of aromatic amines is 1. The average molecular weight is 439 g/mol. The highest BCUT2D eigenvalue weighted by Crippen LogP contribution is 2.36. The molecular weight excluding hydrogens is 418 g/mol. The van der Waals surface area contributed by atoms with Crippen LogP contribution in [0.3, 0.4) is 0 Å². The third kappa shape index (κ3) is 2.92. The van der Waals surface area contributed by atoms with Crippen molar-refractivity contribution in [1.29, 1.82) is 0 Å². The van der Waals surface area contributed by atoms with Crippen molar-refractivity contribution in [3.8, 4) is 28.4 Å². The average Bonchev–Trinajstić information content (AvgIpc) is 3.53. The summed E-state index contributed by atoms with van der Waals surface area (Å²) < 4.78 is 12.2. The summed E-state index contributed by atoms with van der Waals surface area (Å²) in [7, 11) is 1.59. The minimum Gasteiger partial charge on any atom is -0.497 e. The number of rotatable bonds is 5. The maximum absolute atomic E-state index is 10.5. The molecule has 4 heterocycles. The van der Waals surface area contributed by atoms with Gasteiger partial charge in [-0.25, -0.2) is 15.0 Å². The maximum atomic E-state index is 10.5. The molecule has 1 saturated heterocycles. The lowest BCUT2D eigenvalue weighted by atomic mass is 10.1. The summed E-state index contributed by atoms with van der Waals surface area (Å²) in [5.41, 5.74) is 7.11. The summed E-state index contributed by atoms with van der Waals surface area (Å²) in [6.07, 6.45) is 0.418. The molecular formula is C20H21N7O5. The number of nitrogens with one attached hydrogen (secondary N) is 1. The van der Waals surface area contributed by atoms with Crippen LogP contribution in [0.1, 0.15) is 0 Å². The van der Waals surface area contributed by atoms with E-state index in [1.54, 1.807) is 13.3 Å². The van der Waals surface area contributed by atoms with Gasteiger partial charge in [-0.15, -0.1) is 0 Å². The predicted octanol–water partition coefficient (Wildman–Crippen LogP) is -0.129. The second-order valence-corrected chi connectivity index (χ2v) is 7.43. The van der Waals surface area contributed by atoms with Crippen molar-refractivity contribution in [2.24, 2.45) is 0 Å². The van der Waals surface area contributed by atoms with E-state index in [1.807, 2.05) is 24.3 Å². The van der Waals surface area contributed by atoms with Crippen LogP contribution in [0.4, 0.5) is 5.82 Å². The van der Waals surface area contributed by atoms with Crippen molar-refractivity contribution in [3.63, 3.8) is 0 Å². The number of imidazole rings is 1. The molecule has 3 aromatic heterocycles. The van der Waals surface area contributed by atoms with Crippen LogP contribution in [0, 0.1) is 0 Å². The van der Waals surface area contributed by atoms with Gasteiger partial charge in [-0.3, -0.25) is 9.67 Å². The molecule has 0 spiro atoms. The van der Waals surface area contributed by atoms with Gasteiger partial charge in [0.1, 0.15) is 29.2 Å². The molecule has 0 radical (unpaired) electrons. The lowest BCUT2D eigenvalue weighted by Crippen LogP contribution is -2.48. The van der Waals surface area contributed by atoms with E-state index < -0.39 is 24.5 Å². The fourth-order valence-electron chi connectivity index (χ4n) is 3.89. The number of aromatic nitrogens is 6. The Morgan fingerprint density at radius 3 is 2.72 bits per heavy atom. The number of H-pyrrole nitrogens is 1. The quantitative estimate of drug-likeness (QED) is 0.281. The molecule has 0 amide bonds. The third-order valence-corrected chi connectivity index (χ3v) is 5.65. The van der Waals surface area contributed by atoms with Gasteiger partial charge < -0.3 is 30.5 Å². The predicted molar refractivity (Wildman–Crippen MR) is 112 cm³/mol. The molecule has 0 saturated carbocycles. The number of ether oxygens (including phenoxy) is 2. The zero-order valence-electron chi connectivity index (χ0n) is 17.0. The number of nitrogen functional groups attached to an aromatic ring is 1. The molecule has 1 aliphatic rings. The largest absolute Gasteiger partial charge is 0.497 e. The summed E-state index contributed by atoms with van der Waals surface area (Å²) >= 11 is 0. The summed E-state index contributed by atoms with van der Waals surface area (Å²) in [6.45, 7) is -0.770. The number of fused-ring (bicyclic) bond motifs is 1. The second kappa shape index (κ2) is 7.53. The molecule has 0 aliphatic carbocycles. The van der Waals surface area contributed by atoms with E-state index in [4.69, 9.17) is 15.2 Å². The molecule has 1 fully saturated rings. The Morgan fingerprint density at radius 2 is 2.06 bits per heavy atom. The van der Waals surface area contributed by atoms with Crippen molar-refractivity contribution < 1.29 is 24.8 Å². The number of nitrogens with two attached hydrogens (primary N) is 1. The summed E-state index contributed by atoms with van der Waals surface area (Å²) in [6, 6.07) is 7.41. The normalized spacial score (nSPS) is 23.1. The Morgan fingerprint density at radius 1 is 1.28 bits per heavy atom. The van der Waals surface area contributed by atoms with Crippen molar-refractivity contribution in [2.75, 3.05) is 26.1 Å². The SMILES string of the molecule is COc1ccc(-c2cn[nH]c2-c2nc(N)c3ncn([C@]4(CO)OC[C@H](O)[C@H]4O)c3n2)cc1. The Kier molecular flexibility index (Phi) is 4.78. The van der Waals surface area contributed by atoms with Crippen LogP contribution in [0.2, 0.25) is 0 Å². The smallest absolute Gasteiger partial charge is 0.199 e. The van der Waals surface area contributed by atoms with E-state index in [0.29, 0.717) is 5.69 Å². The molecule has 166 valence electrons. The zero-order valence-corrected chi connectivity index (χ0v) is 17.0. The van der Waals surface area contributed by atoms with Gasteiger partial charge in [-0.05, 0) is 17.7 Å². The van der Waals surface area contributed by atoms with E-state index >= 15 is 0 Å². The van der Waals surface area contributed by atoms with Gasteiger partial charge >= 0.3 is 0 Å². The summed E-state index contributed by atoms with van der Waals surface area (Å²) in [4.78, 5) is 13.2. The molecule has 4 aromatic rings. The number of anilines is 1. The van der Waals surface area contributed by atoms with Crippen LogP contribution in [0.25, 0.3) is 33.8 Å². The molecule has 32 heavy (non-hydrogen) atoms. The first-order valence-corrected chi connectivity index (χ1v) is 9.78. The number of benzene rings is 1. The van der Waals surface area contributed by atoms with Crippen molar-refractivity contribution >= 4 is 17.0 Å². The number of nitrogens with zero attached hydrogens (tertiary/aromatic N) is 5. The van der Waals surface area contributed by atoms with Crippen LogP contribution in [-0.4, -0.2) is 77.6 Å². The molecule has 0 bridgehead atoms. The first-order valence-electron chi connectivity index (χ1n) is 9.78. The van der Waals surface area contributed by atoms with Crippen molar-refractivity contribution in [2.45, 2.75) is 17.9 Å². The van der Waals surface area contributed by atoms with Crippen LogP contribution >= 0.6 is 0 Å². The lowest BCUT2D eigenvalue weighted by Gasteiger charge is -2.31. The van der Waals surface area contributed by atoms with E-state index in [-0.39, 0.29) is 29.4 Å². The van der Waals surface area contributed by atoms with Gasteiger partial charge in [0.05, 0.1) is 32.8 Å². The lowest BCUT2D eigenvalue weighted by molar-refractivity contribution is -0.149. The van der Waals surface area contributed by atoms with Crippen LogP contribution in [0.15, 0.2) is 36.8 Å². The number of methoxy groups -OCH3 is 1. The molecule has 12 nitrogen and oxygen atoms in total. The molecule has 5 rings (SSSR count). The maximum Gasteiger partial charge on any atom is 0.199 e. The summed E-state index contributed by atoms with van der Waals surface area (Å²) in [5, 5.41) is 37.6. The number of hydrogen-bond acceptors (Lipinski definition) is 10. The highest BCUT2D eigenvalue weighted by Gasteiger charge is 2.51. The van der Waals surface area contributed by atoms with Crippen molar-refractivity contribution in [3.05, 3.63) is 36.8 Å². The van der Waals surface area contributed by atoms with Gasteiger partial charge in [-0.2, -0.15) is 5.10 Å². The highest BCUT2D eigenvalue weighted by molar-refractivity contribution is 5.86. The third-order valence-electron chi connectivity index (χ3n) is 5.65.